The van der Waals surface area contributed by atoms with Gasteiger partial charge in [-0.2, -0.15) is 0 Å². The molecule has 2 atom stereocenters. The Hall–Kier alpha value is -4.72. The Bertz CT molecular complexity index is 1750. The smallest absolute Gasteiger partial charge is 0.415 e. The minimum Gasteiger partial charge on any atom is -0.474 e. The molecule has 2 aliphatic rings. The molecule has 3 heterocycles. The molecule has 0 spiro atoms. The van der Waals surface area contributed by atoms with Crippen LogP contribution in [0.3, 0.4) is 0 Å². The minimum absolute atomic E-state index is 0.0567. The number of likely N-dealkylation sites (N-methyl/N-ethyl adjacent to an activating group) is 1. The number of ether oxygens (including phenoxy) is 4. The second-order valence-corrected chi connectivity index (χ2v) is 14.2. The van der Waals surface area contributed by atoms with Crippen molar-refractivity contribution in [3.8, 4) is 17.0 Å². The van der Waals surface area contributed by atoms with Crippen LogP contribution in [0.4, 0.5) is 36.0 Å². The number of hydrogen-bond donors (Lipinski definition) is 3. The van der Waals surface area contributed by atoms with Crippen molar-refractivity contribution in [2.45, 2.75) is 97.5 Å². The minimum atomic E-state index is -0.869. The average Bonchev–Trinajstić information content (AvgIpc) is 3.01. The van der Waals surface area contributed by atoms with Crippen LogP contribution in [-0.2, 0) is 14.2 Å². The van der Waals surface area contributed by atoms with E-state index in [0.29, 0.717) is 22.2 Å². The zero-order valence-electron chi connectivity index (χ0n) is 29.3. The summed E-state index contributed by atoms with van der Waals surface area (Å²) < 4.78 is 39.2. The topological polar surface area (TPSA) is 153 Å². The SMILES string of the molecule is CNC1CCCCC1OC(=O)Nc1cc2cc(-c3cnc4c(c3C)N(C(=O)OC(C)(C)C)CCO4)c(F)c(NC(=O)OC(C)(C)C)c2cn1. The van der Waals surface area contributed by atoms with Crippen LogP contribution in [-0.4, -0.2) is 71.8 Å². The Morgan fingerprint density at radius 2 is 1.65 bits per heavy atom. The molecule has 0 saturated heterocycles. The van der Waals surface area contributed by atoms with Gasteiger partial charge in [0.2, 0.25) is 5.88 Å². The summed E-state index contributed by atoms with van der Waals surface area (Å²) in [7, 11) is 1.84. The van der Waals surface area contributed by atoms with Crippen LogP contribution >= 0.6 is 0 Å². The molecule has 0 radical (unpaired) electrons. The average molecular weight is 681 g/mol. The Labute approximate surface area is 285 Å². The Morgan fingerprint density at radius 1 is 0.939 bits per heavy atom. The molecule has 49 heavy (non-hydrogen) atoms. The van der Waals surface area contributed by atoms with E-state index >= 15 is 4.39 Å². The first-order valence-corrected chi connectivity index (χ1v) is 16.4. The molecular weight excluding hydrogens is 635 g/mol. The molecule has 3 amide bonds. The van der Waals surface area contributed by atoms with Gasteiger partial charge in [-0.1, -0.05) is 6.42 Å². The Morgan fingerprint density at radius 3 is 2.35 bits per heavy atom. The molecule has 1 saturated carbocycles. The van der Waals surface area contributed by atoms with Gasteiger partial charge in [-0.05, 0) is 97.9 Å². The second-order valence-electron chi connectivity index (χ2n) is 14.2. The van der Waals surface area contributed by atoms with Gasteiger partial charge in [-0.25, -0.2) is 28.7 Å². The van der Waals surface area contributed by atoms with E-state index in [1.165, 1.54) is 17.3 Å². The fourth-order valence-electron chi connectivity index (χ4n) is 6.01. The van der Waals surface area contributed by atoms with Crippen molar-refractivity contribution in [2.24, 2.45) is 0 Å². The molecular formula is C35H45FN6O7. The Kier molecular flexibility index (Phi) is 10.2. The molecule has 1 fully saturated rings. The van der Waals surface area contributed by atoms with E-state index in [9.17, 15) is 14.4 Å². The van der Waals surface area contributed by atoms with Gasteiger partial charge in [0.05, 0.1) is 12.2 Å². The van der Waals surface area contributed by atoms with Gasteiger partial charge in [0.1, 0.15) is 35.4 Å². The van der Waals surface area contributed by atoms with Crippen molar-refractivity contribution in [1.82, 2.24) is 15.3 Å². The summed E-state index contributed by atoms with van der Waals surface area (Å²) in [6, 6.07) is 3.19. The van der Waals surface area contributed by atoms with Gasteiger partial charge in [-0.15, -0.1) is 0 Å². The quantitative estimate of drug-likeness (QED) is 0.234. The number of carbonyl (C=O) groups excluding carboxylic acids is 3. The summed E-state index contributed by atoms with van der Waals surface area (Å²) in [5.74, 6) is -0.403. The summed E-state index contributed by atoms with van der Waals surface area (Å²) in [5, 5.41) is 9.15. The monoisotopic (exact) mass is 680 g/mol. The molecule has 1 aliphatic carbocycles. The highest BCUT2D eigenvalue weighted by Gasteiger charge is 2.33. The largest absolute Gasteiger partial charge is 0.474 e. The van der Waals surface area contributed by atoms with E-state index in [-0.39, 0.29) is 53.6 Å². The number of hydrogen-bond acceptors (Lipinski definition) is 10. The van der Waals surface area contributed by atoms with Crippen LogP contribution in [0.25, 0.3) is 21.9 Å². The fourth-order valence-corrected chi connectivity index (χ4v) is 6.01. The lowest BCUT2D eigenvalue weighted by Gasteiger charge is -2.32. The van der Waals surface area contributed by atoms with Crippen LogP contribution in [0.15, 0.2) is 24.5 Å². The Balaban J connectivity index is 1.57. The molecule has 2 aromatic heterocycles. The van der Waals surface area contributed by atoms with Gasteiger partial charge in [0.15, 0.2) is 5.82 Å². The third-order valence-electron chi connectivity index (χ3n) is 8.15. The van der Waals surface area contributed by atoms with E-state index in [4.69, 9.17) is 18.9 Å². The van der Waals surface area contributed by atoms with Crippen molar-refractivity contribution in [3.63, 3.8) is 0 Å². The predicted molar refractivity (Wildman–Crippen MR) is 184 cm³/mol. The van der Waals surface area contributed by atoms with Gasteiger partial charge in [0.25, 0.3) is 0 Å². The second kappa shape index (κ2) is 14.0. The molecule has 0 bridgehead atoms. The van der Waals surface area contributed by atoms with Crippen molar-refractivity contribution in [3.05, 3.63) is 35.9 Å². The standard InChI is InChI=1S/C35H45FN6O7/c1-19-22(17-39-30-29(19)42(13-14-46-30)33(45)49-35(5,6)7)21-15-20-16-26(40-31(43)47-25-12-10-9-11-24(25)37-8)38-18-23(20)28(27(21)36)41-32(44)48-34(2,3)4/h15-18,24-25,37H,9-14H2,1-8H3,(H,41,44)(H,38,40,43). The number of nitrogens with zero attached hydrogens (tertiary/aromatic N) is 3. The molecule has 1 aliphatic heterocycles. The summed E-state index contributed by atoms with van der Waals surface area (Å²) >= 11 is 0. The van der Waals surface area contributed by atoms with E-state index in [0.717, 1.165) is 25.7 Å². The number of fused-ring (bicyclic) bond motifs is 2. The number of nitrogens with one attached hydrogen (secondary N) is 3. The lowest BCUT2D eigenvalue weighted by Crippen LogP contribution is -2.43. The van der Waals surface area contributed by atoms with Crippen LogP contribution in [0.2, 0.25) is 0 Å². The first-order chi connectivity index (χ1) is 23.0. The molecule has 264 valence electrons. The van der Waals surface area contributed by atoms with Crippen molar-refractivity contribution < 1.29 is 37.7 Å². The zero-order valence-corrected chi connectivity index (χ0v) is 29.3. The number of amides is 3. The van der Waals surface area contributed by atoms with E-state index < -0.39 is 35.3 Å². The zero-order chi connectivity index (χ0) is 35.7. The molecule has 13 nitrogen and oxygen atoms in total. The molecule has 2 unspecified atom stereocenters. The maximum absolute atomic E-state index is 16.7. The van der Waals surface area contributed by atoms with E-state index in [2.05, 4.69) is 25.9 Å². The lowest BCUT2D eigenvalue weighted by atomic mass is 9.92. The summed E-state index contributed by atoms with van der Waals surface area (Å²) in [6.45, 7) is 12.5. The van der Waals surface area contributed by atoms with Crippen LogP contribution < -0.4 is 25.6 Å². The predicted octanol–water partition coefficient (Wildman–Crippen LogP) is 7.30. The van der Waals surface area contributed by atoms with Gasteiger partial charge in [-0.3, -0.25) is 15.5 Å². The lowest BCUT2D eigenvalue weighted by molar-refractivity contribution is 0.0564. The first kappa shape index (κ1) is 35.6. The fraction of sp³-hybridized carbons (Fsp3) is 0.514. The highest BCUT2D eigenvalue weighted by atomic mass is 19.1. The van der Waals surface area contributed by atoms with Gasteiger partial charge >= 0.3 is 18.3 Å². The number of benzene rings is 1. The molecule has 1 aromatic carbocycles. The van der Waals surface area contributed by atoms with E-state index in [1.54, 1.807) is 60.6 Å². The van der Waals surface area contributed by atoms with Crippen LogP contribution in [0.5, 0.6) is 5.88 Å². The highest BCUT2D eigenvalue weighted by Crippen LogP contribution is 2.42. The van der Waals surface area contributed by atoms with Gasteiger partial charge in [0, 0.05) is 34.9 Å². The summed E-state index contributed by atoms with van der Waals surface area (Å²) in [6.07, 6.45) is 4.08. The van der Waals surface area contributed by atoms with E-state index in [1.807, 2.05) is 7.05 Å². The third kappa shape index (κ3) is 8.30. The maximum atomic E-state index is 16.7. The first-order valence-electron chi connectivity index (χ1n) is 16.4. The highest BCUT2D eigenvalue weighted by molar-refractivity contribution is 6.05. The molecule has 3 N–H and O–H groups in total. The normalized spacial score (nSPS) is 17.9. The van der Waals surface area contributed by atoms with Gasteiger partial charge < -0.3 is 24.3 Å². The molecule has 14 heteroatoms. The number of rotatable bonds is 5. The number of pyridine rings is 2. The molecule has 5 rings (SSSR count). The van der Waals surface area contributed by atoms with Crippen LogP contribution in [0.1, 0.15) is 72.8 Å². The summed E-state index contributed by atoms with van der Waals surface area (Å²) in [4.78, 5) is 49.3. The number of anilines is 3. The van der Waals surface area contributed by atoms with Crippen molar-refractivity contribution in [1.29, 1.82) is 0 Å². The number of carbonyl (C=O) groups is 3. The van der Waals surface area contributed by atoms with Crippen molar-refractivity contribution >= 4 is 46.2 Å². The number of aromatic nitrogens is 2. The van der Waals surface area contributed by atoms with Crippen LogP contribution in [0, 0.1) is 12.7 Å². The maximum Gasteiger partial charge on any atom is 0.415 e. The van der Waals surface area contributed by atoms with Crippen molar-refractivity contribution in [2.75, 3.05) is 35.7 Å². The molecule has 3 aromatic rings. The third-order valence-corrected chi connectivity index (χ3v) is 8.15. The number of halogens is 1. The summed E-state index contributed by atoms with van der Waals surface area (Å²) in [5.41, 5.74) is -0.525.